The Morgan fingerprint density at radius 2 is 2.04 bits per heavy atom. The molecule has 1 unspecified atom stereocenters. The first-order chi connectivity index (χ1) is 12.3. The summed E-state index contributed by atoms with van der Waals surface area (Å²) >= 11 is 0. The second kappa shape index (κ2) is 7.85. The van der Waals surface area contributed by atoms with E-state index in [2.05, 4.69) is 31.2 Å². The third-order valence-electron chi connectivity index (χ3n) is 5.57. The van der Waals surface area contributed by atoms with E-state index in [-0.39, 0.29) is 6.61 Å². The number of rotatable bonds is 6. The lowest BCUT2D eigenvalue weighted by Crippen LogP contribution is -2.60. The second-order valence-electron chi connectivity index (χ2n) is 7.34. The summed E-state index contributed by atoms with van der Waals surface area (Å²) in [6.07, 6.45) is 5.08. The molecule has 138 valence electrons. The number of aliphatic hydroxyl groups excluding tert-OH is 1. The molecule has 1 aromatic rings. The Morgan fingerprint density at radius 1 is 1.20 bits per heavy atom. The van der Waals surface area contributed by atoms with Crippen LogP contribution in [0.2, 0.25) is 0 Å². The molecule has 0 aliphatic carbocycles. The summed E-state index contributed by atoms with van der Waals surface area (Å²) in [6.45, 7) is 6.70. The van der Waals surface area contributed by atoms with Crippen molar-refractivity contribution >= 4 is 11.8 Å². The van der Waals surface area contributed by atoms with Crippen LogP contribution in [0.15, 0.2) is 6.07 Å². The molecule has 0 aromatic carbocycles. The predicted octanol–water partition coefficient (Wildman–Crippen LogP) is 1.06. The number of hydrogen-bond acceptors (Lipinski definition) is 7. The molecule has 0 saturated carbocycles. The van der Waals surface area contributed by atoms with Crippen molar-refractivity contribution in [2.24, 2.45) is 0 Å². The third-order valence-corrected chi connectivity index (χ3v) is 5.57. The van der Waals surface area contributed by atoms with Gasteiger partial charge in [-0.05, 0) is 32.4 Å². The fraction of sp³-hybridized carbons (Fsp3) is 0.778. The van der Waals surface area contributed by atoms with Crippen molar-refractivity contribution < 1.29 is 9.84 Å². The quantitative estimate of drug-likeness (QED) is 0.797. The van der Waals surface area contributed by atoms with E-state index in [9.17, 15) is 0 Å². The Hall–Kier alpha value is -1.44. The Kier molecular flexibility index (Phi) is 5.33. The largest absolute Gasteiger partial charge is 0.395 e. The van der Waals surface area contributed by atoms with Gasteiger partial charge in [0.05, 0.1) is 18.9 Å². The average molecular weight is 347 g/mol. The molecule has 7 nitrogen and oxygen atoms in total. The highest BCUT2D eigenvalue weighted by atomic mass is 16.5. The fourth-order valence-corrected chi connectivity index (χ4v) is 4.00. The SMILES string of the molecule is OCCNc1nc(C2CCOC2)cc(N2CC(N3CCCCC3)C2)n1. The Labute approximate surface area is 149 Å². The molecule has 4 rings (SSSR count). The summed E-state index contributed by atoms with van der Waals surface area (Å²) in [6, 6.07) is 2.80. The molecule has 3 fully saturated rings. The molecule has 1 atom stereocenters. The van der Waals surface area contributed by atoms with Crippen molar-refractivity contribution in [3.05, 3.63) is 11.8 Å². The number of ether oxygens (including phenoxy) is 1. The van der Waals surface area contributed by atoms with Gasteiger partial charge in [-0.1, -0.05) is 6.42 Å². The van der Waals surface area contributed by atoms with Crippen LogP contribution < -0.4 is 10.2 Å². The minimum Gasteiger partial charge on any atom is -0.395 e. The molecule has 1 aromatic heterocycles. The van der Waals surface area contributed by atoms with Gasteiger partial charge >= 0.3 is 0 Å². The minimum atomic E-state index is 0.0796. The second-order valence-corrected chi connectivity index (χ2v) is 7.34. The van der Waals surface area contributed by atoms with E-state index in [4.69, 9.17) is 9.84 Å². The molecule has 25 heavy (non-hydrogen) atoms. The van der Waals surface area contributed by atoms with Crippen molar-refractivity contribution in [1.82, 2.24) is 14.9 Å². The molecular weight excluding hydrogens is 318 g/mol. The molecule has 3 aliphatic rings. The van der Waals surface area contributed by atoms with E-state index < -0.39 is 0 Å². The van der Waals surface area contributed by atoms with Crippen LogP contribution >= 0.6 is 0 Å². The van der Waals surface area contributed by atoms with Crippen LogP contribution in [0, 0.1) is 0 Å². The zero-order chi connectivity index (χ0) is 17.1. The lowest BCUT2D eigenvalue weighted by Gasteiger charge is -2.47. The highest BCUT2D eigenvalue weighted by molar-refractivity contribution is 5.48. The zero-order valence-electron chi connectivity index (χ0n) is 14.9. The topological polar surface area (TPSA) is 73.8 Å². The van der Waals surface area contributed by atoms with Crippen molar-refractivity contribution in [3.8, 4) is 0 Å². The van der Waals surface area contributed by atoms with Gasteiger partial charge in [-0.3, -0.25) is 4.90 Å². The van der Waals surface area contributed by atoms with Crippen LogP contribution in [0.4, 0.5) is 11.8 Å². The number of likely N-dealkylation sites (tertiary alicyclic amines) is 1. The molecule has 2 N–H and O–H groups in total. The molecule has 0 bridgehead atoms. The number of anilines is 2. The van der Waals surface area contributed by atoms with Gasteiger partial charge in [-0.2, -0.15) is 4.98 Å². The van der Waals surface area contributed by atoms with E-state index >= 15 is 0 Å². The highest BCUT2D eigenvalue weighted by Gasteiger charge is 2.34. The van der Waals surface area contributed by atoms with Crippen LogP contribution in [0.1, 0.15) is 37.3 Å². The highest BCUT2D eigenvalue weighted by Crippen LogP contribution is 2.30. The van der Waals surface area contributed by atoms with Gasteiger partial charge in [0.15, 0.2) is 0 Å². The number of aliphatic hydroxyl groups is 1. The number of aromatic nitrogens is 2. The average Bonchev–Trinajstić information content (AvgIpc) is 3.14. The molecule has 0 amide bonds. The maximum atomic E-state index is 9.07. The molecule has 7 heteroatoms. The number of nitrogens with zero attached hydrogens (tertiary/aromatic N) is 4. The van der Waals surface area contributed by atoms with Crippen LogP contribution in [-0.2, 0) is 4.74 Å². The van der Waals surface area contributed by atoms with Crippen LogP contribution in [0.5, 0.6) is 0 Å². The number of hydrogen-bond donors (Lipinski definition) is 2. The molecule has 3 saturated heterocycles. The van der Waals surface area contributed by atoms with Crippen LogP contribution in [0.3, 0.4) is 0 Å². The normalized spacial score (nSPS) is 25.2. The summed E-state index contributed by atoms with van der Waals surface area (Å²) in [7, 11) is 0. The maximum Gasteiger partial charge on any atom is 0.224 e. The van der Waals surface area contributed by atoms with E-state index in [0.717, 1.165) is 44.2 Å². The first-order valence-electron chi connectivity index (χ1n) is 9.64. The summed E-state index contributed by atoms with van der Waals surface area (Å²) < 4.78 is 5.53. The van der Waals surface area contributed by atoms with Crippen LogP contribution in [-0.4, -0.2) is 78.6 Å². The number of nitrogens with one attached hydrogen (secondary N) is 1. The third kappa shape index (κ3) is 3.88. The Bertz CT molecular complexity index is 567. The van der Waals surface area contributed by atoms with Crippen LogP contribution in [0.25, 0.3) is 0 Å². The minimum absolute atomic E-state index is 0.0796. The lowest BCUT2D eigenvalue weighted by molar-refractivity contribution is 0.138. The van der Waals surface area contributed by atoms with Gasteiger partial charge in [0.1, 0.15) is 5.82 Å². The standard InChI is InChI=1S/C18H29N5O2/c24-8-5-19-18-20-16(14-4-9-25-13-14)10-17(21-18)23-11-15(12-23)22-6-2-1-3-7-22/h10,14-15,24H,1-9,11-13H2,(H,19,20,21). The van der Waals surface area contributed by atoms with E-state index in [1.807, 2.05) is 0 Å². The molecule has 0 radical (unpaired) electrons. The summed E-state index contributed by atoms with van der Waals surface area (Å²) in [5, 5.41) is 12.2. The monoisotopic (exact) mass is 347 g/mol. The predicted molar refractivity (Wildman–Crippen MR) is 97.2 cm³/mol. The summed E-state index contributed by atoms with van der Waals surface area (Å²) in [4.78, 5) is 14.3. The van der Waals surface area contributed by atoms with E-state index in [0.29, 0.717) is 24.5 Å². The number of piperidine rings is 1. The van der Waals surface area contributed by atoms with Crippen molar-refractivity contribution in [2.45, 2.75) is 37.6 Å². The van der Waals surface area contributed by atoms with Gasteiger partial charge in [-0.15, -0.1) is 0 Å². The summed E-state index contributed by atoms with van der Waals surface area (Å²) in [5.41, 5.74) is 1.06. The van der Waals surface area contributed by atoms with E-state index in [1.54, 1.807) is 0 Å². The lowest BCUT2D eigenvalue weighted by atomic mass is 10.0. The van der Waals surface area contributed by atoms with Gasteiger partial charge < -0.3 is 20.1 Å². The van der Waals surface area contributed by atoms with E-state index in [1.165, 1.54) is 32.4 Å². The zero-order valence-corrected chi connectivity index (χ0v) is 14.9. The first kappa shape index (κ1) is 17.0. The van der Waals surface area contributed by atoms with Gasteiger partial charge in [-0.25, -0.2) is 4.98 Å². The van der Waals surface area contributed by atoms with Crippen molar-refractivity contribution in [3.63, 3.8) is 0 Å². The van der Waals surface area contributed by atoms with Crippen molar-refractivity contribution in [1.29, 1.82) is 0 Å². The van der Waals surface area contributed by atoms with Gasteiger partial charge in [0, 0.05) is 44.3 Å². The van der Waals surface area contributed by atoms with Gasteiger partial charge in [0.2, 0.25) is 5.95 Å². The van der Waals surface area contributed by atoms with Crippen molar-refractivity contribution in [2.75, 3.05) is 62.8 Å². The fourth-order valence-electron chi connectivity index (χ4n) is 4.00. The maximum absolute atomic E-state index is 9.07. The Balaban J connectivity index is 1.45. The molecule has 0 spiro atoms. The Morgan fingerprint density at radius 3 is 2.76 bits per heavy atom. The smallest absolute Gasteiger partial charge is 0.224 e. The summed E-state index contributed by atoms with van der Waals surface area (Å²) in [5.74, 6) is 1.98. The molecule has 4 heterocycles. The molecular formula is C18H29N5O2. The first-order valence-corrected chi connectivity index (χ1v) is 9.64. The van der Waals surface area contributed by atoms with Gasteiger partial charge in [0.25, 0.3) is 0 Å². The molecule has 3 aliphatic heterocycles.